The largest absolute Gasteiger partial charge is 0.364 e. The third kappa shape index (κ3) is 1.98. The number of carbonyl (C=O) groups is 1. The van der Waals surface area contributed by atoms with Crippen LogP contribution in [0.5, 0.6) is 0 Å². The Bertz CT molecular complexity index is 368. The number of Topliss-reactive ketones (excluding diaryl/α,β-unsaturated/α-hetero) is 1. The zero-order valence-electron chi connectivity index (χ0n) is 6.78. The van der Waals surface area contributed by atoms with Gasteiger partial charge in [-0.3, -0.25) is 9.48 Å². The van der Waals surface area contributed by atoms with Crippen molar-refractivity contribution in [3.8, 4) is 0 Å². The Hall–Kier alpha value is -1.53. The molecule has 0 spiro atoms. The molecule has 0 aliphatic carbocycles. The van der Waals surface area contributed by atoms with Gasteiger partial charge in [-0.05, 0) is 0 Å². The number of nitrogens with zero attached hydrogens (tertiary/aromatic N) is 3. The summed E-state index contributed by atoms with van der Waals surface area (Å²) in [5, 5.41) is 0. The van der Waals surface area contributed by atoms with Gasteiger partial charge in [0, 0.05) is 7.05 Å². The van der Waals surface area contributed by atoms with Crippen molar-refractivity contribution in [2.24, 2.45) is 7.05 Å². The van der Waals surface area contributed by atoms with Gasteiger partial charge in [-0.1, -0.05) is 0 Å². The molecular weight excluding hydrogens is 184 g/mol. The first-order chi connectivity index (χ1) is 6.02. The van der Waals surface area contributed by atoms with Gasteiger partial charge >= 0.3 is 5.69 Å². The predicted octanol–water partition coefficient (Wildman–Crippen LogP) is -0.584. The number of aryl methyl sites for hydroxylation is 1. The molecular formula is C6H7F2N3O2. The first-order valence-electron chi connectivity index (χ1n) is 3.41. The Labute approximate surface area is 71.6 Å². The molecule has 1 heterocycles. The molecule has 0 aliphatic rings. The lowest BCUT2D eigenvalue weighted by Gasteiger charge is -2.03. The van der Waals surface area contributed by atoms with Crippen LogP contribution in [0.25, 0.3) is 0 Å². The van der Waals surface area contributed by atoms with Crippen molar-refractivity contribution in [3.05, 3.63) is 16.8 Å². The Kier molecular flexibility index (Phi) is 2.54. The molecule has 7 heteroatoms. The second-order valence-corrected chi connectivity index (χ2v) is 2.43. The summed E-state index contributed by atoms with van der Waals surface area (Å²) in [6.07, 6.45) is -1.90. The lowest BCUT2D eigenvalue weighted by Crippen LogP contribution is -2.29. The van der Waals surface area contributed by atoms with Crippen LogP contribution in [0.2, 0.25) is 0 Å². The van der Waals surface area contributed by atoms with Crippen molar-refractivity contribution in [1.82, 2.24) is 14.3 Å². The van der Waals surface area contributed by atoms with Gasteiger partial charge in [0.05, 0.1) is 0 Å². The summed E-state index contributed by atoms with van der Waals surface area (Å²) < 4.78 is 25.6. The standard InChI is InChI=1S/C6H7F2N3O2/c1-10-3-9-6(13)11(10)2-4(12)5(7)8/h3,5H,2H2,1H3. The van der Waals surface area contributed by atoms with E-state index in [1.54, 1.807) is 0 Å². The minimum Gasteiger partial charge on any atom is -0.291 e. The Morgan fingerprint density at radius 3 is 2.69 bits per heavy atom. The van der Waals surface area contributed by atoms with Crippen LogP contribution >= 0.6 is 0 Å². The number of carbonyl (C=O) groups excluding carboxylic acids is 1. The molecule has 0 saturated carbocycles. The van der Waals surface area contributed by atoms with E-state index in [0.717, 1.165) is 11.0 Å². The minimum atomic E-state index is -3.05. The maximum Gasteiger partial charge on any atom is 0.364 e. The van der Waals surface area contributed by atoms with E-state index in [4.69, 9.17) is 0 Å². The SMILES string of the molecule is Cn1cnc(=O)n1CC(=O)C(F)F. The zero-order valence-corrected chi connectivity index (χ0v) is 6.78. The van der Waals surface area contributed by atoms with Gasteiger partial charge in [0.25, 0.3) is 6.43 Å². The molecule has 1 rings (SSSR count). The molecule has 0 N–H and O–H groups in total. The summed E-state index contributed by atoms with van der Waals surface area (Å²) in [5.41, 5.74) is -0.712. The van der Waals surface area contributed by atoms with Gasteiger partial charge in [-0.25, -0.2) is 18.3 Å². The first-order valence-corrected chi connectivity index (χ1v) is 3.41. The van der Waals surface area contributed by atoms with Crippen molar-refractivity contribution in [3.63, 3.8) is 0 Å². The third-order valence-electron chi connectivity index (χ3n) is 1.49. The summed E-state index contributed by atoms with van der Waals surface area (Å²) in [7, 11) is 1.44. The average molecular weight is 191 g/mol. The Morgan fingerprint density at radius 1 is 1.69 bits per heavy atom. The van der Waals surface area contributed by atoms with Crippen LogP contribution in [-0.2, 0) is 18.4 Å². The van der Waals surface area contributed by atoms with Gasteiger partial charge in [-0.2, -0.15) is 4.98 Å². The second-order valence-electron chi connectivity index (χ2n) is 2.43. The number of halogens is 2. The molecule has 1 aromatic rings. The van der Waals surface area contributed by atoms with Crippen LogP contribution in [0.3, 0.4) is 0 Å². The van der Waals surface area contributed by atoms with Crippen LogP contribution in [0.4, 0.5) is 8.78 Å². The maximum absolute atomic E-state index is 11.8. The fourth-order valence-electron chi connectivity index (χ4n) is 0.793. The summed E-state index contributed by atoms with van der Waals surface area (Å²) in [4.78, 5) is 24.7. The first kappa shape index (κ1) is 9.56. The third-order valence-corrected chi connectivity index (χ3v) is 1.49. The highest BCUT2D eigenvalue weighted by Gasteiger charge is 2.17. The highest BCUT2D eigenvalue weighted by Crippen LogP contribution is 1.95. The normalized spacial score (nSPS) is 10.8. The van der Waals surface area contributed by atoms with E-state index in [1.165, 1.54) is 11.7 Å². The zero-order chi connectivity index (χ0) is 10.0. The van der Waals surface area contributed by atoms with Crippen LogP contribution in [0, 0.1) is 0 Å². The van der Waals surface area contributed by atoms with E-state index in [2.05, 4.69) is 4.98 Å². The van der Waals surface area contributed by atoms with Gasteiger partial charge in [-0.15, -0.1) is 0 Å². The topological polar surface area (TPSA) is 56.9 Å². The van der Waals surface area contributed by atoms with Crippen molar-refractivity contribution in [2.45, 2.75) is 13.0 Å². The highest BCUT2D eigenvalue weighted by atomic mass is 19.3. The number of alkyl halides is 2. The molecule has 0 aliphatic heterocycles. The lowest BCUT2D eigenvalue weighted by molar-refractivity contribution is -0.130. The molecule has 0 bridgehead atoms. The minimum absolute atomic E-state index is 0.646. The number of hydrogen-bond acceptors (Lipinski definition) is 3. The quantitative estimate of drug-likeness (QED) is 0.642. The van der Waals surface area contributed by atoms with Crippen molar-refractivity contribution >= 4 is 5.78 Å². The summed E-state index contributed by atoms with van der Waals surface area (Å²) in [6.45, 7) is -0.646. The maximum atomic E-state index is 11.8. The molecule has 0 fully saturated rings. The number of rotatable bonds is 3. The number of aromatic nitrogens is 3. The fraction of sp³-hybridized carbons (Fsp3) is 0.500. The number of ketones is 1. The van der Waals surface area contributed by atoms with Crippen LogP contribution in [0.15, 0.2) is 11.1 Å². The molecule has 1 aromatic heterocycles. The highest BCUT2D eigenvalue weighted by molar-refractivity contribution is 5.81. The molecule has 0 radical (unpaired) electrons. The Balaban J connectivity index is 2.86. The van der Waals surface area contributed by atoms with E-state index in [1.807, 2.05) is 0 Å². The fourth-order valence-corrected chi connectivity index (χ4v) is 0.793. The average Bonchev–Trinajstić information content (AvgIpc) is 2.35. The molecule has 0 aromatic carbocycles. The van der Waals surface area contributed by atoms with Crippen LogP contribution < -0.4 is 5.69 Å². The summed E-state index contributed by atoms with van der Waals surface area (Å²) in [5.74, 6) is -1.30. The van der Waals surface area contributed by atoms with E-state index in [0.29, 0.717) is 0 Å². The van der Waals surface area contributed by atoms with E-state index in [-0.39, 0.29) is 0 Å². The molecule has 5 nitrogen and oxygen atoms in total. The molecule has 0 saturated heterocycles. The van der Waals surface area contributed by atoms with Crippen molar-refractivity contribution < 1.29 is 13.6 Å². The predicted molar refractivity (Wildman–Crippen MR) is 38.5 cm³/mol. The van der Waals surface area contributed by atoms with Crippen LogP contribution in [0.1, 0.15) is 0 Å². The van der Waals surface area contributed by atoms with Gasteiger partial charge in [0.15, 0.2) is 0 Å². The van der Waals surface area contributed by atoms with Gasteiger partial charge in [0.2, 0.25) is 5.78 Å². The van der Waals surface area contributed by atoms with Crippen LogP contribution in [-0.4, -0.2) is 26.6 Å². The molecule has 0 unspecified atom stereocenters. The molecule has 13 heavy (non-hydrogen) atoms. The number of hydrogen-bond donors (Lipinski definition) is 0. The molecule has 72 valence electrons. The van der Waals surface area contributed by atoms with Gasteiger partial charge in [0.1, 0.15) is 12.9 Å². The van der Waals surface area contributed by atoms with E-state index >= 15 is 0 Å². The van der Waals surface area contributed by atoms with Crippen molar-refractivity contribution in [1.29, 1.82) is 0 Å². The molecule has 0 amide bonds. The van der Waals surface area contributed by atoms with E-state index < -0.39 is 24.4 Å². The monoisotopic (exact) mass is 191 g/mol. The summed E-state index contributed by atoms with van der Waals surface area (Å²) in [6, 6.07) is 0. The lowest BCUT2D eigenvalue weighted by atomic mass is 10.4. The second kappa shape index (κ2) is 3.46. The Morgan fingerprint density at radius 2 is 2.31 bits per heavy atom. The summed E-state index contributed by atoms with van der Waals surface area (Å²) >= 11 is 0. The smallest absolute Gasteiger partial charge is 0.291 e. The molecule has 0 atom stereocenters. The van der Waals surface area contributed by atoms with Crippen molar-refractivity contribution in [2.75, 3.05) is 0 Å². The van der Waals surface area contributed by atoms with E-state index in [9.17, 15) is 18.4 Å². The van der Waals surface area contributed by atoms with Gasteiger partial charge < -0.3 is 0 Å².